The Morgan fingerprint density at radius 3 is 3.00 bits per heavy atom. The van der Waals surface area contributed by atoms with Gasteiger partial charge in [-0.05, 0) is 30.1 Å². The van der Waals surface area contributed by atoms with Crippen LogP contribution in [0, 0.1) is 5.92 Å². The summed E-state index contributed by atoms with van der Waals surface area (Å²) in [6.07, 6.45) is 3.51. The molecule has 0 amide bonds. The molecule has 1 fully saturated rings. The number of rotatable bonds is 3. The number of thioether (sulfide) groups is 1. The Morgan fingerprint density at radius 2 is 2.35 bits per heavy atom. The smallest absolute Gasteiger partial charge is 0.153 e. The van der Waals surface area contributed by atoms with Crippen molar-refractivity contribution in [3.8, 4) is 0 Å². The summed E-state index contributed by atoms with van der Waals surface area (Å²) in [6, 6.07) is 0. The zero-order valence-electron chi connectivity index (χ0n) is 10.5. The molecule has 0 aromatic carbocycles. The van der Waals surface area contributed by atoms with E-state index in [4.69, 9.17) is 10.5 Å². The van der Waals surface area contributed by atoms with E-state index in [1.165, 1.54) is 16.5 Å². The lowest BCUT2D eigenvalue weighted by atomic mass is 9.96. The van der Waals surface area contributed by atoms with Crippen LogP contribution in [0.25, 0.3) is 0 Å². The normalized spacial score (nSPS) is 25.2. The van der Waals surface area contributed by atoms with Crippen LogP contribution in [0.5, 0.6) is 0 Å². The van der Waals surface area contributed by atoms with Gasteiger partial charge in [-0.1, -0.05) is 6.92 Å². The molecule has 2 rings (SSSR count). The number of hydrogen-bond acceptors (Lipinski definition) is 6. The van der Waals surface area contributed by atoms with Gasteiger partial charge in [-0.15, -0.1) is 11.8 Å². The van der Waals surface area contributed by atoms with Crippen molar-refractivity contribution in [1.29, 1.82) is 0 Å². The maximum Gasteiger partial charge on any atom is 0.153 e. The highest BCUT2D eigenvalue weighted by molar-refractivity contribution is 7.99. The molecule has 2 N–H and O–H groups in total. The van der Waals surface area contributed by atoms with Gasteiger partial charge in [0, 0.05) is 20.2 Å². The minimum absolute atomic E-state index is 0.307. The quantitative estimate of drug-likeness (QED) is 0.857. The van der Waals surface area contributed by atoms with Crippen LogP contribution >= 0.6 is 23.3 Å². The van der Waals surface area contributed by atoms with Crippen LogP contribution in [0.1, 0.15) is 13.3 Å². The molecule has 2 atom stereocenters. The standard InChI is InChI=1S/C11H19N3OS2/c1-7-4-5-14(6-8(7)15-2)11-9(16-3)10(12)13-17-11/h7-8H,4-6H2,1-3H3,(H2,12,13). The maximum absolute atomic E-state index is 5.87. The highest BCUT2D eigenvalue weighted by Gasteiger charge is 2.28. The van der Waals surface area contributed by atoms with E-state index in [9.17, 15) is 0 Å². The second-order valence-electron chi connectivity index (χ2n) is 4.39. The van der Waals surface area contributed by atoms with Crippen LogP contribution < -0.4 is 10.6 Å². The van der Waals surface area contributed by atoms with Gasteiger partial charge < -0.3 is 15.4 Å². The molecule has 0 aliphatic carbocycles. The minimum atomic E-state index is 0.307. The van der Waals surface area contributed by atoms with E-state index in [0.29, 0.717) is 17.8 Å². The van der Waals surface area contributed by atoms with Crippen molar-refractivity contribution in [2.24, 2.45) is 5.92 Å². The largest absolute Gasteiger partial charge is 0.382 e. The number of nitrogens with zero attached hydrogens (tertiary/aromatic N) is 2. The second kappa shape index (κ2) is 5.46. The topological polar surface area (TPSA) is 51.4 Å². The van der Waals surface area contributed by atoms with Crippen molar-refractivity contribution in [2.45, 2.75) is 24.3 Å². The van der Waals surface area contributed by atoms with Crippen LogP contribution in [0.4, 0.5) is 10.8 Å². The molecule has 0 radical (unpaired) electrons. The second-order valence-corrected chi connectivity index (χ2v) is 5.96. The molecule has 1 saturated heterocycles. The predicted molar refractivity (Wildman–Crippen MR) is 75.1 cm³/mol. The first-order valence-electron chi connectivity index (χ1n) is 5.74. The third-order valence-electron chi connectivity index (χ3n) is 3.34. The molecule has 6 heteroatoms. The van der Waals surface area contributed by atoms with Crippen LogP contribution in [0.3, 0.4) is 0 Å². The van der Waals surface area contributed by atoms with Crippen LogP contribution in [-0.4, -0.2) is 36.9 Å². The average Bonchev–Trinajstić information content (AvgIpc) is 2.71. The first kappa shape index (κ1) is 13.0. The van der Waals surface area contributed by atoms with Crippen molar-refractivity contribution >= 4 is 34.1 Å². The van der Waals surface area contributed by atoms with Gasteiger partial charge in [0.1, 0.15) is 5.00 Å². The van der Waals surface area contributed by atoms with Gasteiger partial charge in [0.25, 0.3) is 0 Å². The van der Waals surface area contributed by atoms with Crippen molar-refractivity contribution in [2.75, 3.05) is 37.1 Å². The van der Waals surface area contributed by atoms with E-state index in [1.54, 1.807) is 18.9 Å². The molecule has 0 saturated carbocycles. The molecule has 1 aliphatic rings. The Kier molecular flexibility index (Phi) is 4.17. The Labute approximate surface area is 111 Å². The van der Waals surface area contributed by atoms with Crippen molar-refractivity contribution in [3.05, 3.63) is 0 Å². The summed E-state index contributed by atoms with van der Waals surface area (Å²) in [5.74, 6) is 1.28. The third-order valence-corrected chi connectivity index (χ3v) is 5.20. The molecule has 1 aliphatic heterocycles. The molecule has 0 spiro atoms. The first-order chi connectivity index (χ1) is 8.17. The molecular weight excluding hydrogens is 254 g/mol. The fraction of sp³-hybridized carbons (Fsp3) is 0.727. The predicted octanol–water partition coefficient (Wildman–Crippen LogP) is 2.31. The van der Waals surface area contributed by atoms with E-state index in [2.05, 4.69) is 16.2 Å². The number of anilines is 2. The average molecular weight is 273 g/mol. The van der Waals surface area contributed by atoms with Crippen LogP contribution in [0.2, 0.25) is 0 Å². The van der Waals surface area contributed by atoms with Crippen molar-refractivity contribution in [3.63, 3.8) is 0 Å². The summed E-state index contributed by atoms with van der Waals surface area (Å²) in [5, 5.41) is 1.20. The SMILES string of the molecule is COC1CN(c2snc(N)c2SC)CCC1C. The first-order valence-corrected chi connectivity index (χ1v) is 7.74. The number of aromatic nitrogens is 1. The Hall–Kier alpha value is -0.460. The van der Waals surface area contributed by atoms with Crippen LogP contribution in [-0.2, 0) is 4.74 Å². The Balaban J connectivity index is 2.17. The molecule has 4 nitrogen and oxygen atoms in total. The highest BCUT2D eigenvalue weighted by atomic mass is 32.2. The minimum Gasteiger partial charge on any atom is -0.382 e. The van der Waals surface area contributed by atoms with Gasteiger partial charge in [-0.2, -0.15) is 4.37 Å². The molecular formula is C11H19N3OS2. The summed E-state index contributed by atoms with van der Waals surface area (Å²) < 4.78 is 9.79. The van der Waals surface area contributed by atoms with Crippen LogP contribution in [0.15, 0.2) is 4.90 Å². The number of piperidine rings is 1. The molecule has 2 unspecified atom stereocenters. The maximum atomic E-state index is 5.87. The molecule has 17 heavy (non-hydrogen) atoms. The lowest BCUT2D eigenvalue weighted by Gasteiger charge is -2.36. The van der Waals surface area contributed by atoms with Crippen molar-refractivity contribution < 1.29 is 4.74 Å². The van der Waals surface area contributed by atoms with E-state index in [0.717, 1.165) is 24.4 Å². The zero-order chi connectivity index (χ0) is 12.4. The molecule has 1 aromatic rings. The number of ether oxygens (including phenoxy) is 1. The van der Waals surface area contributed by atoms with Gasteiger partial charge in [-0.25, -0.2) is 0 Å². The van der Waals surface area contributed by atoms with E-state index in [-0.39, 0.29) is 0 Å². The fourth-order valence-corrected chi connectivity index (χ4v) is 3.93. The summed E-state index contributed by atoms with van der Waals surface area (Å²) in [7, 11) is 1.79. The molecule has 1 aromatic heterocycles. The number of nitrogen functional groups attached to an aromatic ring is 1. The third kappa shape index (κ3) is 2.53. The van der Waals surface area contributed by atoms with Gasteiger partial charge in [0.05, 0.1) is 11.0 Å². The zero-order valence-corrected chi connectivity index (χ0v) is 12.1. The summed E-state index contributed by atoms with van der Waals surface area (Å²) in [4.78, 5) is 3.47. The van der Waals surface area contributed by atoms with Gasteiger partial charge in [0.2, 0.25) is 0 Å². The number of hydrogen-bond donors (Lipinski definition) is 1. The van der Waals surface area contributed by atoms with Gasteiger partial charge in [0.15, 0.2) is 5.82 Å². The fourth-order valence-electron chi connectivity index (χ4n) is 2.20. The molecule has 96 valence electrons. The summed E-state index contributed by atoms with van der Waals surface area (Å²) in [5.41, 5.74) is 5.87. The van der Waals surface area contributed by atoms with Crippen molar-refractivity contribution in [1.82, 2.24) is 4.37 Å². The lowest BCUT2D eigenvalue weighted by Crippen LogP contribution is -2.43. The monoisotopic (exact) mass is 273 g/mol. The lowest BCUT2D eigenvalue weighted by molar-refractivity contribution is 0.0499. The van der Waals surface area contributed by atoms with E-state index >= 15 is 0 Å². The van der Waals surface area contributed by atoms with E-state index in [1.807, 2.05) is 6.26 Å². The Morgan fingerprint density at radius 1 is 1.59 bits per heavy atom. The number of methoxy groups -OCH3 is 1. The van der Waals surface area contributed by atoms with E-state index < -0.39 is 0 Å². The highest BCUT2D eigenvalue weighted by Crippen LogP contribution is 2.39. The summed E-state index contributed by atoms with van der Waals surface area (Å²) in [6.45, 7) is 4.26. The molecule has 2 heterocycles. The number of nitrogens with two attached hydrogens (primary N) is 1. The van der Waals surface area contributed by atoms with Gasteiger partial charge >= 0.3 is 0 Å². The van der Waals surface area contributed by atoms with Gasteiger partial charge in [-0.3, -0.25) is 0 Å². The molecule has 0 bridgehead atoms. The Bertz CT molecular complexity index is 383. The summed E-state index contributed by atoms with van der Waals surface area (Å²) >= 11 is 3.17.